The Bertz CT molecular complexity index is 508. The summed E-state index contributed by atoms with van der Waals surface area (Å²) in [4.78, 5) is 11.5. The first-order valence-electron chi connectivity index (χ1n) is 6.31. The summed E-state index contributed by atoms with van der Waals surface area (Å²) in [7, 11) is 0. The Hall–Kier alpha value is -1.51. The summed E-state index contributed by atoms with van der Waals surface area (Å²) >= 11 is 1.59. The van der Waals surface area contributed by atoms with Crippen molar-refractivity contribution < 1.29 is 14.3 Å². The molecule has 0 aliphatic heterocycles. The number of rotatable bonds is 6. The van der Waals surface area contributed by atoms with Gasteiger partial charge in [-0.3, -0.25) is 4.79 Å². The van der Waals surface area contributed by atoms with E-state index in [0.717, 1.165) is 5.75 Å². The van der Waals surface area contributed by atoms with Crippen LogP contribution in [0, 0.1) is 17.7 Å². The monoisotopic (exact) mass is 295 g/mol. The molecule has 5 heteroatoms. The zero-order chi connectivity index (χ0) is 14.8. The van der Waals surface area contributed by atoms with E-state index in [0.29, 0.717) is 24.0 Å². The van der Waals surface area contributed by atoms with E-state index >= 15 is 0 Å². The number of thioether (sulfide) groups is 1. The van der Waals surface area contributed by atoms with Gasteiger partial charge in [-0.2, -0.15) is 11.8 Å². The topological polar surface area (TPSA) is 49.3 Å². The van der Waals surface area contributed by atoms with E-state index < -0.39 is 0 Å². The van der Waals surface area contributed by atoms with Gasteiger partial charge in [0.15, 0.2) is 0 Å². The van der Waals surface area contributed by atoms with Gasteiger partial charge in [-0.25, -0.2) is 4.39 Å². The summed E-state index contributed by atoms with van der Waals surface area (Å²) in [5.74, 6) is 5.93. The number of hydrogen-bond acceptors (Lipinski definition) is 3. The number of aliphatic hydroxyl groups is 1. The Morgan fingerprint density at radius 2 is 2.30 bits per heavy atom. The van der Waals surface area contributed by atoms with Crippen molar-refractivity contribution in [1.82, 2.24) is 5.32 Å². The number of halogens is 1. The summed E-state index contributed by atoms with van der Waals surface area (Å²) in [5, 5.41) is 11.3. The maximum absolute atomic E-state index is 13.6. The molecule has 0 radical (unpaired) electrons. The quantitative estimate of drug-likeness (QED) is 0.789. The molecule has 2 N–H and O–H groups in total. The molecule has 0 unspecified atom stereocenters. The fraction of sp³-hybridized carbons (Fsp3) is 0.400. The van der Waals surface area contributed by atoms with Crippen molar-refractivity contribution in [3.63, 3.8) is 0 Å². The summed E-state index contributed by atoms with van der Waals surface area (Å²) < 4.78 is 13.6. The molecule has 0 atom stereocenters. The SMILES string of the molecule is CSCCC(=O)NCc1cc(C#CCCO)ccc1F. The van der Waals surface area contributed by atoms with Gasteiger partial charge in [0, 0.05) is 36.3 Å². The molecule has 0 bridgehead atoms. The van der Waals surface area contributed by atoms with Crippen molar-refractivity contribution in [2.45, 2.75) is 19.4 Å². The second-order valence-electron chi connectivity index (χ2n) is 4.10. The number of carbonyl (C=O) groups is 1. The molecule has 0 aromatic heterocycles. The normalized spacial score (nSPS) is 9.75. The Morgan fingerprint density at radius 1 is 1.50 bits per heavy atom. The van der Waals surface area contributed by atoms with E-state index in [1.54, 1.807) is 23.9 Å². The fourth-order valence-corrected chi connectivity index (χ4v) is 1.87. The number of benzene rings is 1. The van der Waals surface area contributed by atoms with Crippen LogP contribution in [0.25, 0.3) is 0 Å². The summed E-state index contributed by atoms with van der Waals surface area (Å²) in [6.07, 6.45) is 2.75. The van der Waals surface area contributed by atoms with Crippen molar-refractivity contribution in [1.29, 1.82) is 0 Å². The minimum absolute atomic E-state index is 0.00650. The van der Waals surface area contributed by atoms with Gasteiger partial charge >= 0.3 is 0 Å². The smallest absolute Gasteiger partial charge is 0.221 e. The number of carbonyl (C=O) groups excluding carboxylic acids is 1. The molecule has 0 fully saturated rings. The largest absolute Gasteiger partial charge is 0.395 e. The second-order valence-corrected chi connectivity index (χ2v) is 5.09. The second kappa shape index (κ2) is 9.40. The van der Waals surface area contributed by atoms with Crippen molar-refractivity contribution in [2.75, 3.05) is 18.6 Å². The average Bonchev–Trinajstić information content (AvgIpc) is 2.45. The number of hydrogen-bond donors (Lipinski definition) is 2. The molecule has 0 heterocycles. The molecular weight excluding hydrogens is 277 g/mol. The molecule has 0 saturated carbocycles. The Balaban J connectivity index is 2.63. The van der Waals surface area contributed by atoms with Crippen molar-refractivity contribution in [3.8, 4) is 11.8 Å². The number of nitrogens with one attached hydrogen (secondary N) is 1. The first-order valence-corrected chi connectivity index (χ1v) is 7.70. The van der Waals surface area contributed by atoms with Crippen molar-refractivity contribution in [3.05, 3.63) is 35.1 Å². The van der Waals surface area contributed by atoms with E-state index in [9.17, 15) is 9.18 Å². The predicted octanol–water partition coefficient (Wildman–Crippen LogP) is 1.93. The van der Waals surface area contributed by atoms with Gasteiger partial charge < -0.3 is 10.4 Å². The molecule has 3 nitrogen and oxygen atoms in total. The highest BCUT2D eigenvalue weighted by Crippen LogP contribution is 2.10. The molecule has 1 amide bonds. The first-order chi connectivity index (χ1) is 9.67. The lowest BCUT2D eigenvalue weighted by molar-refractivity contribution is -0.120. The number of amides is 1. The van der Waals surface area contributed by atoms with Crippen LogP contribution in [0.3, 0.4) is 0 Å². The molecule has 1 aromatic carbocycles. The Labute approximate surface area is 123 Å². The van der Waals surface area contributed by atoms with E-state index in [4.69, 9.17) is 5.11 Å². The zero-order valence-corrected chi connectivity index (χ0v) is 12.2. The highest BCUT2D eigenvalue weighted by atomic mass is 32.2. The number of aliphatic hydroxyl groups excluding tert-OH is 1. The van der Waals surface area contributed by atoms with E-state index in [1.807, 2.05) is 6.26 Å². The fourth-order valence-electron chi connectivity index (χ4n) is 1.49. The molecule has 1 rings (SSSR count). The third kappa shape index (κ3) is 6.09. The van der Waals surface area contributed by atoms with Gasteiger partial charge in [0.05, 0.1) is 6.61 Å². The van der Waals surface area contributed by atoms with Gasteiger partial charge in [-0.1, -0.05) is 11.8 Å². The van der Waals surface area contributed by atoms with Crippen LogP contribution < -0.4 is 5.32 Å². The summed E-state index contributed by atoms with van der Waals surface area (Å²) in [6, 6.07) is 4.54. The van der Waals surface area contributed by atoms with Crippen LogP contribution in [0.1, 0.15) is 24.0 Å². The summed E-state index contributed by atoms with van der Waals surface area (Å²) in [5.41, 5.74) is 1.09. The third-order valence-corrected chi connectivity index (χ3v) is 3.14. The van der Waals surface area contributed by atoms with E-state index in [2.05, 4.69) is 17.2 Å². The maximum Gasteiger partial charge on any atom is 0.221 e. The van der Waals surface area contributed by atoms with Gasteiger partial charge in [0.1, 0.15) is 5.82 Å². The van der Waals surface area contributed by atoms with Crippen LogP contribution in [-0.4, -0.2) is 29.6 Å². The van der Waals surface area contributed by atoms with Gasteiger partial charge in [-0.05, 0) is 24.5 Å². The molecule has 0 aliphatic carbocycles. The molecule has 0 spiro atoms. The summed E-state index contributed by atoms with van der Waals surface area (Å²) in [6.45, 7) is 0.168. The molecular formula is C15H18FNO2S. The van der Waals surface area contributed by atoms with Crippen LogP contribution >= 0.6 is 11.8 Å². The van der Waals surface area contributed by atoms with E-state index in [-0.39, 0.29) is 24.9 Å². The lowest BCUT2D eigenvalue weighted by Crippen LogP contribution is -2.23. The third-order valence-electron chi connectivity index (χ3n) is 2.52. The molecule has 0 aliphatic rings. The van der Waals surface area contributed by atoms with Gasteiger partial charge in [0.2, 0.25) is 5.91 Å². The zero-order valence-electron chi connectivity index (χ0n) is 11.4. The van der Waals surface area contributed by atoms with Gasteiger partial charge in [-0.15, -0.1) is 0 Å². The Morgan fingerprint density at radius 3 is 3.00 bits per heavy atom. The average molecular weight is 295 g/mol. The van der Waals surface area contributed by atoms with Crippen molar-refractivity contribution in [2.24, 2.45) is 0 Å². The van der Waals surface area contributed by atoms with Crippen LogP contribution in [-0.2, 0) is 11.3 Å². The van der Waals surface area contributed by atoms with E-state index in [1.165, 1.54) is 6.07 Å². The maximum atomic E-state index is 13.6. The molecule has 0 saturated heterocycles. The van der Waals surface area contributed by atoms with Crippen LogP contribution in [0.15, 0.2) is 18.2 Å². The molecule has 108 valence electrons. The standard InChI is InChI=1S/C15H18FNO2S/c1-20-9-7-15(19)17-11-13-10-12(4-2-3-8-18)5-6-14(13)16/h5-6,10,18H,3,7-9,11H2,1H3,(H,17,19). The molecule has 1 aromatic rings. The van der Waals surface area contributed by atoms with Gasteiger partial charge in [0.25, 0.3) is 0 Å². The predicted molar refractivity (Wildman–Crippen MR) is 79.8 cm³/mol. The van der Waals surface area contributed by atoms with Crippen LogP contribution in [0.5, 0.6) is 0 Å². The Kier molecular flexibility index (Phi) is 7.78. The highest BCUT2D eigenvalue weighted by Gasteiger charge is 2.05. The minimum atomic E-state index is -0.358. The van der Waals surface area contributed by atoms with Crippen LogP contribution in [0.2, 0.25) is 0 Å². The lowest BCUT2D eigenvalue weighted by Gasteiger charge is -2.06. The lowest BCUT2D eigenvalue weighted by atomic mass is 10.1. The highest BCUT2D eigenvalue weighted by molar-refractivity contribution is 7.98. The minimum Gasteiger partial charge on any atom is -0.395 e. The van der Waals surface area contributed by atoms with Crippen molar-refractivity contribution >= 4 is 17.7 Å². The van der Waals surface area contributed by atoms with Crippen LogP contribution in [0.4, 0.5) is 4.39 Å². The molecule has 20 heavy (non-hydrogen) atoms. The first kappa shape index (κ1) is 16.5.